The highest BCUT2D eigenvalue weighted by atomic mass is 16.5. The first-order chi connectivity index (χ1) is 14.2. The molecule has 0 spiro atoms. The van der Waals surface area contributed by atoms with Crippen LogP contribution in [0.5, 0.6) is 11.5 Å². The van der Waals surface area contributed by atoms with Crippen molar-refractivity contribution in [1.29, 1.82) is 0 Å². The Labute approximate surface area is 169 Å². The zero-order valence-electron chi connectivity index (χ0n) is 16.4. The summed E-state index contributed by atoms with van der Waals surface area (Å²) in [6.07, 6.45) is 2.24. The molecule has 0 fully saturated rings. The maximum atomic E-state index is 13.0. The molecule has 0 bridgehead atoms. The average Bonchev–Trinajstić information content (AvgIpc) is 2.78. The SMILES string of the molecule is COc1ccc(OC)c(Nc2cc(C(=O)N3CCc4ccccc4C3)ncn2)c1. The summed E-state index contributed by atoms with van der Waals surface area (Å²) in [7, 11) is 3.19. The number of amides is 1. The second-order valence-electron chi connectivity index (χ2n) is 6.73. The van der Waals surface area contributed by atoms with Crippen LogP contribution in [0.1, 0.15) is 21.6 Å². The molecule has 0 radical (unpaired) electrons. The number of nitrogens with one attached hydrogen (secondary N) is 1. The van der Waals surface area contributed by atoms with E-state index >= 15 is 0 Å². The Balaban J connectivity index is 1.54. The Hall–Kier alpha value is -3.61. The van der Waals surface area contributed by atoms with Crippen LogP contribution in [0.2, 0.25) is 0 Å². The van der Waals surface area contributed by atoms with E-state index in [1.165, 1.54) is 17.5 Å². The van der Waals surface area contributed by atoms with Gasteiger partial charge in [-0.25, -0.2) is 9.97 Å². The molecule has 2 aromatic carbocycles. The third-order valence-corrected chi connectivity index (χ3v) is 4.97. The van der Waals surface area contributed by atoms with Crippen molar-refractivity contribution in [2.24, 2.45) is 0 Å². The summed E-state index contributed by atoms with van der Waals surface area (Å²) < 4.78 is 10.7. The molecule has 148 valence electrons. The fourth-order valence-electron chi connectivity index (χ4n) is 3.42. The van der Waals surface area contributed by atoms with Crippen LogP contribution in [0.4, 0.5) is 11.5 Å². The number of benzene rings is 2. The monoisotopic (exact) mass is 390 g/mol. The number of anilines is 2. The minimum absolute atomic E-state index is 0.109. The molecule has 1 aromatic heterocycles. The van der Waals surface area contributed by atoms with Crippen LogP contribution in [0.15, 0.2) is 54.9 Å². The topological polar surface area (TPSA) is 76.6 Å². The number of fused-ring (bicyclic) bond motifs is 1. The first-order valence-corrected chi connectivity index (χ1v) is 9.35. The van der Waals surface area contributed by atoms with Crippen LogP contribution in [-0.2, 0) is 13.0 Å². The van der Waals surface area contributed by atoms with Crippen molar-refractivity contribution in [3.05, 3.63) is 71.7 Å². The van der Waals surface area contributed by atoms with Gasteiger partial charge in [-0.2, -0.15) is 0 Å². The van der Waals surface area contributed by atoms with Gasteiger partial charge in [0.2, 0.25) is 0 Å². The lowest BCUT2D eigenvalue weighted by atomic mass is 10.00. The van der Waals surface area contributed by atoms with Gasteiger partial charge in [-0.3, -0.25) is 4.79 Å². The second kappa shape index (κ2) is 8.18. The molecule has 2 heterocycles. The number of hydrogen-bond acceptors (Lipinski definition) is 6. The van der Waals surface area contributed by atoms with Gasteiger partial charge in [0.1, 0.15) is 29.3 Å². The zero-order chi connectivity index (χ0) is 20.2. The summed E-state index contributed by atoms with van der Waals surface area (Å²) in [4.78, 5) is 23.3. The van der Waals surface area contributed by atoms with E-state index in [1.54, 1.807) is 26.4 Å². The molecule has 0 unspecified atom stereocenters. The number of carbonyl (C=O) groups is 1. The lowest BCUT2D eigenvalue weighted by molar-refractivity contribution is 0.0728. The van der Waals surface area contributed by atoms with Gasteiger partial charge < -0.3 is 19.7 Å². The Bertz CT molecular complexity index is 1040. The minimum Gasteiger partial charge on any atom is -0.497 e. The molecule has 0 saturated carbocycles. The molecule has 1 amide bonds. The highest BCUT2D eigenvalue weighted by Crippen LogP contribution is 2.31. The predicted molar refractivity (Wildman–Crippen MR) is 110 cm³/mol. The summed E-state index contributed by atoms with van der Waals surface area (Å²) >= 11 is 0. The average molecular weight is 390 g/mol. The largest absolute Gasteiger partial charge is 0.497 e. The third kappa shape index (κ3) is 3.99. The molecule has 4 rings (SSSR count). The molecule has 0 saturated heterocycles. The molecular weight excluding hydrogens is 368 g/mol. The number of aromatic nitrogens is 2. The van der Waals surface area contributed by atoms with E-state index in [4.69, 9.17) is 9.47 Å². The number of nitrogens with zero attached hydrogens (tertiary/aromatic N) is 3. The normalized spacial score (nSPS) is 12.8. The Morgan fingerprint density at radius 3 is 2.66 bits per heavy atom. The standard InChI is InChI=1S/C22H22N4O3/c1-28-17-7-8-20(29-2)18(11-17)25-21-12-19(23-14-24-21)22(27)26-10-9-15-5-3-4-6-16(15)13-26/h3-8,11-12,14H,9-10,13H2,1-2H3,(H,23,24,25). The molecule has 29 heavy (non-hydrogen) atoms. The van der Waals surface area contributed by atoms with Crippen molar-refractivity contribution in [3.8, 4) is 11.5 Å². The van der Waals surface area contributed by atoms with Gasteiger partial charge in [-0.05, 0) is 29.7 Å². The maximum Gasteiger partial charge on any atom is 0.272 e. The first kappa shape index (κ1) is 18.7. The fourth-order valence-corrected chi connectivity index (χ4v) is 3.42. The smallest absolute Gasteiger partial charge is 0.272 e. The Morgan fingerprint density at radius 1 is 1.03 bits per heavy atom. The molecule has 1 N–H and O–H groups in total. The summed E-state index contributed by atoms with van der Waals surface area (Å²) in [5.74, 6) is 1.73. The van der Waals surface area contributed by atoms with Crippen LogP contribution in [0, 0.1) is 0 Å². The number of hydrogen-bond donors (Lipinski definition) is 1. The summed E-state index contributed by atoms with van der Waals surface area (Å²) in [5.41, 5.74) is 3.52. The third-order valence-electron chi connectivity index (χ3n) is 4.97. The molecular formula is C22H22N4O3. The van der Waals surface area contributed by atoms with E-state index in [-0.39, 0.29) is 5.91 Å². The van der Waals surface area contributed by atoms with Crippen LogP contribution in [-0.4, -0.2) is 41.5 Å². The molecule has 0 aliphatic carbocycles. The van der Waals surface area contributed by atoms with Crippen molar-refractivity contribution < 1.29 is 14.3 Å². The van der Waals surface area contributed by atoms with Gasteiger partial charge in [-0.1, -0.05) is 24.3 Å². The van der Waals surface area contributed by atoms with Crippen LogP contribution < -0.4 is 14.8 Å². The van der Waals surface area contributed by atoms with Gasteiger partial charge in [0.25, 0.3) is 5.91 Å². The highest BCUT2D eigenvalue weighted by molar-refractivity contribution is 5.93. The van der Waals surface area contributed by atoms with E-state index in [0.29, 0.717) is 41.8 Å². The van der Waals surface area contributed by atoms with Crippen molar-refractivity contribution in [2.45, 2.75) is 13.0 Å². The van der Waals surface area contributed by atoms with Gasteiger partial charge in [0, 0.05) is 25.2 Å². The Kier molecular flexibility index (Phi) is 5.29. The number of rotatable bonds is 5. The second-order valence-corrected chi connectivity index (χ2v) is 6.73. The van der Waals surface area contributed by atoms with E-state index in [2.05, 4.69) is 27.4 Å². The zero-order valence-corrected chi connectivity index (χ0v) is 16.4. The first-order valence-electron chi connectivity index (χ1n) is 9.35. The van der Waals surface area contributed by atoms with E-state index < -0.39 is 0 Å². The van der Waals surface area contributed by atoms with Gasteiger partial charge in [-0.15, -0.1) is 0 Å². The van der Waals surface area contributed by atoms with E-state index in [0.717, 1.165) is 6.42 Å². The number of ether oxygens (including phenoxy) is 2. The summed E-state index contributed by atoms with van der Waals surface area (Å²) in [6, 6.07) is 15.3. The minimum atomic E-state index is -0.109. The Morgan fingerprint density at radius 2 is 1.86 bits per heavy atom. The van der Waals surface area contributed by atoms with Crippen molar-refractivity contribution >= 4 is 17.4 Å². The van der Waals surface area contributed by atoms with Gasteiger partial charge >= 0.3 is 0 Å². The quantitative estimate of drug-likeness (QED) is 0.719. The lowest BCUT2D eigenvalue weighted by Gasteiger charge is -2.28. The van der Waals surface area contributed by atoms with Crippen LogP contribution in [0.3, 0.4) is 0 Å². The highest BCUT2D eigenvalue weighted by Gasteiger charge is 2.23. The lowest BCUT2D eigenvalue weighted by Crippen LogP contribution is -2.36. The van der Waals surface area contributed by atoms with E-state index in [9.17, 15) is 4.79 Å². The van der Waals surface area contributed by atoms with E-state index in [1.807, 2.05) is 29.2 Å². The van der Waals surface area contributed by atoms with Gasteiger partial charge in [0.05, 0.1) is 19.9 Å². The van der Waals surface area contributed by atoms with Crippen molar-refractivity contribution in [1.82, 2.24) is 14.9 Å². The maximum absolute atomic E-state index is 13.0. The predicted octanol–water partition coefficient (Wildman–Crippen LogP) is 3.44. The summed E-state index contributed by atoms with van der Waals surface area (Å²) in [6.45, 7) is 1.26. The number of carbonyl (C=O) groups excluding carboxylic acids is 1. The van der Waals surface area contributed by atoms with Crippen molar-refractivity contribution in [3.63, 3.8) is 0 Å². The fraction of sp³-hybridized carbons (Fsp3) is 0.227. The molecule has 0 atom stereocenters. The molecule has 7 heteroatoms. The molecule has 3 aromatic rings. The molecule has 1 aliphatic heterocycles. The molecule has 1 aliphatic rings. The van der Waals surface area contributed by atoms with Gasteiger partial charge in [0.15, 0.2) is 0 Å². The van der Waals surface area contributed by atoms with Crippen LogP contribution >= 0.6 is 0 Å². The molecule has 7 nitrogen and oxygen atoms in total. The summed E-state index contributed by atoms with van der Waals surface area (Å²) in [5, 5.41) is 3.19. The number of methoxy groups -OCH3 is 2. The van der Waals surface area contributed by atoms with Crippen molar-refractivity contribution in [2.75, 3.05) is 26.1 Å². The van der Waals surface area contributed by atoms with Crippen LogP contribution in [0.25, 0.3) is 0 Å².